The van der Waals surface area contributed by atoms with Gasteiger partial charge in [-0.05, 0) is 13.8 Å². The average molecular weight is 305 g/mol. The predicted octanol–water partition coefficient (Wildman–Crippen LogP) is -1.10. The summed E-state index contributed by atoms with van der Waals surface area (Å²) in [6.07, 6.45) is 0. The van der Waals surface area contributed by atoms with Crippen molar-refractivity contribution in [3.63, 3.8) is 0 Å². The fourth-order valence-electron chi connectivity index (χ4n) is 0. The van der Waals surface area contributed by atoms with E-state index in [2.05, 4.69) is 0 Å². The molecule has 0 rings (SSSR count). The standard InChI is InChI=1S/2C2H6O.Al.3NO3/c2*1-2-3;;3*2-1(3)4/h2*3H,2H2,1H3;;;;/q;;+3;3*-1. The van der Waals surface area contributed by atoms with Crippen LogP contribution < -0.4 is 0 Å². The molecule has 0 atom stereocenters. The van der Waals surface area contributed by atoms with Crippen molar-refractivity contribution < 1.29 is 25.5 Å². The number of rotatable bonds is 0. The molecule has 0 aromatic rings. The van der Waals surface area contributed by atoms with Crippen molar-refractivity contribution >= 4 is 17.4 Å². The molecule has 14 nitrogen and oxygen atoms in total. The number of hydrogen-bond acceptors (Lipinski definition) is 11. The van der Waals surface area contributed by atoms with Crippen LogP contribution in [0.15, 0.2) is 0 Å². The normalized spacial score (nSPS) is 5.68. The molecule has 0 radical (unpaired) electrons. The molecule has 15 heteroatoms. The van der Waals surface area contributed by atoms with Crippen LogP contribution in [0.4, 0.5) is 0 Å². The first-order valence-corrected chi connectivity index (χ1v) is 3.69. The molecule has 0 aromatic heterocycles. The molecule has 0 heterocycles. The fraction of sp³-hybridized carbons (Fsp3) is 1.00. The van der Waals surface area contributed by atoms with Gasteiger partial charge in [-0.3, -0.25) is 0 Å². The van der Waals surface area contributed by atoms with Gasteiger partial charge in [0.1, 0.15) is 0 Å². The summed E-state index contributed by atoms with van der Waals surface area (Å²) < 4.78 is 0. The molecule has 2 N–H and O–H groups in total. The largest absolute Gasteiger partial charge is 3.00 e. The van der Waals surface area contributed by atoms with Gasteiger partial charge >= 0.3 is 17.4 Å². The molecule has 0 amide bonds. The summed E-state index contributed by atoms with van der Waals surface area (Å²) in [7, 11) is 0. The van der Waals surface area contributed by atoms with Crippen LogP contribution >= 0.6 is 0 Å². The molecule has 0 aliphatic rings. The Morgan fingerprint density at radius 2 is 0.684 bits per heavy atom. The molecule has 0 unspecified atom stereocenters. The van der Waals surface area contributed by atoms with Crippen LogP contribution in [-0.4, -0.2) is 56.0 Å². The minimum absolute atomic E-state index is 0. The molecular formula is C4H12AlN3O11. The van der Waals surface area contributed by atoms with E-state index in [1.54, 1.807) is 13.8 Å². The van der Waals surface area contributed by atoms with Gasteiger partial charge in [0.25, 0.3) is 0 Å². The van der Waals surface area contributed by atoms with Crippen LogP contribution in [0.25, 0.3) is 0 Å². The Morgan fingerprint density at radius 3 is 0.684 bits per heavy atom. The molecule has 0 saturated carbocycles. The average Bonchev–Trinajstić information content (AvgIpc) is 2.00. The zero-order valence-electron chi connectivity index (χ0n) is 9.90. The first-order valence-electron chi connectivity index (χ1n) is 3.69. The summed E-state index contributed by atoms with van der Waals surface area (Å²) in [6, 6.07) is 0. The topological polar surface area (TPSA) is 239 Å². The van der Waals surface area contributed by atoms with Crippen molar-refractivity contribution in [2.24, 2.45) is 0 Å². The van der Waals surface area contributed by atoms with Gasteiger partial charge in [-0.1, -0.05) is 0 Å². The Morgan fingerprint density at radius 1 is 0.684 bits per heavy atom. The third kappa shape index (κ3) is 836. The third-order valence-electron chi connectivity index (χ3n) is 0. The maximum Gasteiger partial charge on any atom is 3.00 e. The molecule has 0 spiro atoms. The summed E-state index contributed by atoms with van der Waals surface area (Å²) >= 11 is 0. The second-order valence-electron chi connectivity index (χ2n) is 1.30. The zero-order chi connectivity index (χ0) is 16.1. The Hall–Kier alpha value is -1.95. The minimum Gasteiger partial charge on any atom is -0.397 e. The maximum absolute atomic E-state index is 8.25. The van der Waals surface area contributed by atoms with Crippen molar-refractivity contribution in [3.05, 3.63) is 46.0 Å². The van der Waals surface area contributed by atoms with Crippen LogP contribution in [-0.2, 0) is 0 Å². The first kappa shape index (κ1) is 36.0. The molecule has 0 aromatic carbocycles. The van der Waals surface area contributed by atoms with Gasteiger partial charge in [-0.25, -0.2) is 0 Å². The minimum atomic E-state index is -1.75. The van der Waals surface area contributed by atoms with E-state index in [-0.39, 0.29) is 30.6 Å². The number of hydrogen-bond donors (Lipinski definition) is 2. The van der Waals surface area contributed by atoms with Crippen molar-refractivity contribution in [1.29, 1.82) is 0 Å². The van der Waals surface area contributed by atoms with Crippen LogP contribution in [0.1, 0.15) is 13.8 Å². The van der Waals surface area contributed by atoms with E-state index < -0.39 is 15.3 Å². The molecule has 19 heavy (non-hydrogen) atoms. The monoisotopic (exact) mass is 305 g/mol. The Balaban J connectivity index is -0.0000000276. The van der Waals surface area contributed by atoms with Crippen molar-refractivity contribution in [2.45, 2.75) is 13.8 Å². The fourth-order valence-corrected chi connectivity index (χ4v) is 0. The van der Waals surface area contributed by atoms with E-state index >= 15 is 0 Å². The number of aliphatic hydroxyl groups is 2. The van der Waals surface area contributed by atoms with Gasteiger partial charge in [0.2, 0.25) is 0 Å². The van der Waals surface area contributed by atoms with Gasteiger partial charge in [0, 0.05) is 13.2 Å². The van der Waals surface area contributed by atoms with Crippen LogP contribution in [0, 0.1) is 46.0 Å². The van der Waals surface area contributed by atoms with Crippen LogP contribution in [0.3, 0.4) is 0 Å². The molecule has 0 fully saturated rings. The third-order valence-corrected chi connectivity index (χ3v) is 0. The van der Waals surface area contributed by atoms with Gasteiger partial charge in [0.05, 0.1) is 15.3 Å². The Kier molecular flexibility index (Phi) is 84.0. The molecule has 112 valence electrons. The van der Waals surface area contributed by atoms with E-state index in [9.17, 15) is 0 Å². The summed E-state index contributed by atoms with van der Waals surface area (Å²) in [5.74, 6) is 0. The molecule has 0 bridgehead atoms. The quantitative estimate of drug-likeness (QED) is 0.309. The molecule has 0 aliphatic heterocycles. The first-order chi connectivity index (χ1) is 8.02. The summed E-state index contributed by atoms with van der Waals surface area (Å²) in [5, 5.41) is 59.4. The van der Waals surface area contributed by atoms with E-state index in [0.29, 0.717) is 0 Å². The number of nitrogens with zero attached hydrogens (tertiary/aromatic N) is 3. The van der Waals surface area contributed by atoms with E-state index in [0.717, 1.165) is 0 Å². The van der Waals surface area contributed by atoms with Gasteiger partial charge < -0.3 is 56.2 Å². The SMILES string of the molecule is CCO.CCO.O=[N+]([O-])[O-].O=[N+]([O-])[O-].O=[N+]([O-])[O-].[Al+3]. The molecule has 0 saturated heterocycles. The Bertz CT molecular complexity index is 148. The smallest absolute Gasteiger partial charge is 0.397 e. The summed E-state index contributed by atoms with van der Waals surface area (Å²) in [4.78, 5) is 24.8. The van der Waals surface area contributed by atoms with Crippen LogP contribution in [0.2, 0.25) is 0 Å². The van der Waals surface area contributed by atoms with E-state index in [1.165, 1.54) is 0 Å². The maximum atomic E-state index is 8.25. The van der Waals surface area contributed by atoms with Crippen molar-refractivity contribution in [3.8, 4) is 0 Å². The second kappa shape index (κ2) is 44.4. The van der Waals surface area contributed by atoms with Gasteiger partial charge in [-0.15, -0.1) is 0 Å². The van der Waals surface area contributed by atoms with Crippen molar-refractivity contribution in [2.75, 3.05) is 13.2 Å². The summed E-state index contributed by atoms with van der Waals surface area (Å²) in [6.45, 7) is 3.86. The molecular weight excluding hydrogens is 293 g/mol. The van der Waals surface area contributed by atoms with Gasteiger partial charge in [-0.2, -0.15) is 0 Å². The van der Waals surface area contributed by atoms with Gasteiger partial charge in [0.15, 0.2) is 0 Å². The zero-order valence-corrected chi connectivity index (χ0v) is 11.1. The predicted molar refractivity (Wildman–Crippen MR) is 62.4 cm³/mol. The van der Waals surface area contributed by atoms with E-state index in [4.69, 9.17) is 56.2 Å². The number of aliphatic hydroxyl groups excluding tert-OH is 2. The molecule has 0 aliphatic carbocycles. The van der Waals surface area contributed by atoms with E-state index in [1.807, 2.05) is 0 Å². The second-order valence-corrected chi connectivity index (χ2v) is 1.30. The van der Waals surface area contributed by atoms with Crippen LogP contribution in [0.5, 0.6) is 0 Å². The Labute approximate surface area is 117 Å². The van der Waals surface area contributed by atoms with Crippen molar-refractivity contribution in [1.82, 2.24) is 0 Å². The summed E-state index contributed by atoms with van der Waals surface area (Å²) in [5.41, 5.74) is 0.